The predicted molar refractivity (Wildman–Crippen MR) is 63.1 cm³/mol. The number of alkyl halides is 3. The van der Waals surface area contributed by atoms with Crippen LogP contribution in [-0.2, 0) is 6.54 Å². The van der Waals surface area contributed by atoms with Crippen LogP contribution in [0.5, 0.6) is 0 Å². The molecule has 1 N–H and O–H groups in total. The molecule has 2 nitrogen and oxygen atoms in total. The molecular formula is C12H16F4N2. The molecule has 0 unspecified atom stereocenters. The summed E-state index contributed by atoms with van der Waals surface area (Å²) in [5.74, 6) is -0.452. The van der Waals surface area contributed by atoms with Gasteiger partial charge in [-0.3, -0.25) is 0 Å². The third-order valence-corrected chi connectivity index (χ3v) is 2.50. The summed E-state index contributed by atoms with van der Waals surface area (Å²) in [4.78, 5) is 1.19. The number of hydrogen-bond donors (Lipinski definition) is 1. The normalized spacial score (nSPS) is 11.7. The van der Waals surface area contributed by atoms with E-state index >= 15 is 0 Å². The van der Waals surface area contributed by atoms with E-state index in [-0.39, 0.29) is 6.54 Å². The van der Waals surface area contributed by atoms with Crippen molar-refractivity contribution in [2.75, 3.05) is 25.0 Å². The van der Waals surface area contributed by atoms with E-state index in [0.29, 0.717) is 17.8 Å². The van der Waals surface area contributed by atoms with Crippen LogP contribution in [0, 0.1) is 5.82 Å². The molecule has 0 spiro atoms. The second-order valence-electron chi connectivity index (χ2n) is 3.93. The molecule has 1 rings (SSSR count). The standard InChI is InChI=1S/C12H16F4N2/c1-3-18(8-12(14,15)16)11-5-4-10(13)6-9(11)7-17-2/h4-6,17H,3,7-8H2,1-2H3. The van der Waals surface area contributed by atoms with Crippen molar-refractivity contribution >= 4 is 5.69 Å². The summed E-state index contributed by atoms with van der Waals surface area (Å²) >= 11 is 0. The largest absolute Gasteiger partial charge is 0.405 e. The van der Waals surface area contributed by atoms with Crippen LogP contribution in [-0.4, -0.2) is 26.3 Å². The molecule has 1 aromatic carbocycles. The van der Waals surface area contributed by atoms with Gasteiger partial charge in [0.05, 0.1) is 0 Å². The van der Waals surface area contributed by atoms with Crippen LogP contribution in [0.1, 0.15) is 12.5 Å². The van der Waals surface area contributed by atoms with Crippen molar-refractivity contribution in [1.82, 2.24) is 5.32 Å². The SMILES string of the molecule is CCN(CC(F)(F)F)c1ccc(F)cc1CNC. The number of hydrogen-bond acceptors (Lipinski definition) is 2. The summed E-state index contributed by atoms with van der Waals surface area (Å²) in [6, 6.07) is 3.82. The van der Waals surface area contributed by atoms with Gasteiger partial charge in [0.15, 0.2) is 0 Å². The van der Waals surface area contributed by atoms with Crippen molar-refractivity contribution in [2.45, 2.75) is 19.6 Å². The summed E-state index contributed by atoms with van der Waals surface area (Å²) in [5, 5.41) is 2.82. The van der Waals surface area contributed by atoms with Crippen LogP contribution in [0.15, 0.2) is 18.2 Å². The van der Waals surface area contributed by atoms with Gasteiger partial charge in [-0.15, -0.1) is 0 Å². The summed E-state index contributed by atoms with van der Waals surface area (Å²) in [7, 11) is 1.66. The number of nitrogens with one attached hydrogen (secondary N) is 1. The van der Waals surface area contributed by atoms with Crippen molar-refractivity contribution in [1.29, 1.82) is 0 Å². The minimum absolute atomic E-state index is 0.210. The van der Waals surface area contributed by atoms with E-state index in [1.807, 2.05) is 0 Å². The fourth-order valence-electron chi connectivity index (χ4n) is 1.78. The van der Waals surface area contributed by atoms with Gasteiger partial charge in [-0.05, 0) is 37.7 Å². The van der Waals surface area contributed by atoms with Crippen LogP contribution in [0.4, 0.5) is 23.2 Å². The van der Waals surface area contributed by atoms with Gasteiger partial charge in [-0.1, -0.05) is 0 Å². The molecule has 0 radical (unpaired) electrons. The topological polar surface area (TPSA) is 15.3 Å². The highest BCUT2D eigenvalue weighted by atomic mass is 19.4. The van der Waals surface area contributed by atoms with Crippen LogP contribution >= 0.6 is 0 Å². The lowest BCUT2D eigenvalue weighted by Crippen LogP contribution is -2.35. The minimum atomic E-state index is -4.28. The van der Waals surface area contributed by atoms with Crippen LogP contribution in [0.2, 0.25) is 0 Å². The first-order valence-electron chi connectivity index (χ1n) is 5.62. The Labute approximate surface area is 104 Å². The van der Waals surface area contributed by atoms with Gasteiger partial charge in [0.1, 0.15) is 12.4 Å². The van der Waals surface area contributed by atoms with Gasteiger partial charge >= 0.3 is 6.18 Å². The highest BCUT2D eigenvalue weighted by molar-refractivity contribution is 5.54. The van der Waals surface area contributed by atoms with Crippen LogP contribution in [0.25, 0.3) is 0 Å². The Morgan fingerprint density at radius 3 is 2.44 bits per heavy atom. The molecule has 0 aliphatic carbocycles. The van der Waals surface area contributed by atoms with E-state index in [2.05, 4.69) is 5.32 Å². The smallest absolute Gasteiger partial charge is 0.363 e. The van der Waals surface area contributed by atoms with E-state index in [1.54, 1.807) is 14.0 Å². The van der Waals surface area contributed by atoms with Crippen LogP contribution < -0.4 is 10.2 Å². The third-order valence-electron chi connectivity index (χ3n) is 2.50. The molecule has 0 fully saturated rings. The van der Waals surface area contributed by atoms with Gasteiger partial charge in [0.25, 0.3) is 0 Å². The van der Waals surface area contributed by atoms with E-state index in [4.69, 9.17) is 0 Å². The summed E-state index contributed by atoms with van der Waals surface area (Å²) < 4.78 is 50.4. The molecule has 102 valence electrons. The fraction of sp³-hybridized carbons (Fsp3) is 0.500. The van der Waals surface area contributed by atoms with E-state index < -0.39 is 18.5 Å². The lowest BCUT2D eigenvalue weighted by atomic mass is 10.1. The molecule has 6 heteroatoms. The average Bonchev–Trinajstić information content (AvgIpc) is 2.26. The zero-order valence-corrected chi connectivity index (χ0v) is 10.3. The highest BCUT2D eigenvalue weighted by Gasteiger charge is 2.31. The molecule has 0 saturated heterocycles. The van der Waals surface area contributed by atoms with E-state index in [1.165, 1.54) is 23.1 Å². The molecule has 0 amide bonds. The summed E-state index contributed by atoms with van der Waals surface area (Å²) in [5.41, 5.74) is 0.925. The lowest BCUT2D eigenvalue weighted by molar-refractivity contribution is -0.119. The molecule has 0 saturated carbocycles. The number of benzene rings is 1. The van der Waals surface area contributed by atoms with Crippen molar-refractivity contribution in [2.24, 2.45) is 0 Å². The first-order chi connectivity index (χ1) is 8.37. The van der Waals surface area contributed by atoms with Crippen molar-refractivity contribution in [3.05, 3.63) is 29.6 Å². The lowest BCUT2D eigenvalue weighted by Gasteiger charge is -2.26. The quantitative estimate of drug-likeness (QED) is 0.823. The second kappa shape index (κ2) is 6.04. The maximum Gasteiger partial charge on any atom is 0.405 e. The predicted octanol–water partition coefficient (Wildman–Crippen LogP) is 2.93. The van der Waals surface area contributed by atoms with Crippen molar-refractivity contribution in [3.8, 4) is 0 Å². The fourth-order valence-corrected chi connectivity index (χ4v) is 1.78. The summed E-state index contributed by atoms with van der Waals surface area (Å²) in [6.07, 6.45) is -4.28. The third kappa shape index (κ3) is 4.18. The zero-order valence-electron chi connectivity index (χ0n) is 10.3. The average molecular weight is 264 g/mol. The van der Waals surface area contributed by atoms with Gasteiger partial charge in [0.2, 0.25) is 0 Å². The minimum Gasteiger partial charge on any atom is -0.363 e. The molecule has 0 heterocycles. The molecule has 0 aromatic heterocycles. The number of nitrogens with zero attached hydrogens (tertiary/aromatic N) is 1. The Morgan fingerprint density at radius 1 is 1.28 bits per heavy atom. The van der Waals surface area contributed by atoms with E-state index in [0.717, 1.165) is 0 Å². The van der Waals surface area contributed by atoms with Crippen LogP contribution in [0.3, 0.4) is 0 Å². The number of halogens is 4. The zero-order chi connectivity index (χ0) is 13.8. The monoisotopic (exact) mass is 264 g/mol. The molecule has 1 aromatic rings. The molecule has 0 bridgehead atoms. The van der Waals surface area contributed by atoms with Gasteiger partial charge < -0.3 is 10.2 Å². The Balaban J connectivity index is 3.04. The molecular weight excluding hydrogens is 248 g/mol. The first kappa shape index (κ1) is 14.8. The van der Waals surface area contributed by atoms with Gasteiger partial charge in [-0.25, -0.2) is 4.39 Å². The van der Waals surface area contributed by atoms with Gasteiger partial charge in [0, 0.05) is 18.8 Å². The Morgan fingerprint density at radius 2 is 1.94 bits per heavy atom. The van der Waals surface area contributed by atoms with Crippen molar-refractivity contribution in [3.63, 3.8) is 0 Å². The Kier molecular flexibility index (Phi) is 4.95. The molecule has 0 atom stereocenters. The maximum atomic E-state index is 13.1. The molecule has 0 aliphatic rings. The van der Waals surface area contributed by atoms with Crippen molar-refractivity contribution < 1.29 is 17.6 Å². The number of anilines is 1. The Hall–Kier alpha value is -1.30. The second-order valence-corrected chi connectivity index (χ2v) is 3.93. The molecule has 18 heavy (non-hydrogen) atoms. The number of rotatable bonds is 5. The maximum absolute atomic E-state index is 13.1. The van der Waals surface area contributed by atoms with E-state index in [9.17, 15) is 17.6 Å². The Bertz CT molecular complexity index is 390. The summed E-state index contributed by atoms with van der Waals surface area (Å²) in [6.45, 7) is 1.13. The molecule has 0 aliphatic heterocycles. The first-order valence-corrected chi connectivity index (χ1v) is 5.62. The highest BCUT2D eigenvalue weighted by Crippen LogP contribution is 2.25. The van der Waals surface area contributed by atoms with Gasteiger partial charge in [-0.2, -0.15) is 13.2 Å².